The fourth-order valence-electron chi connectivity index (χ4n) is 3.13. The van der Waals surface area contributed by atoms with E-state index in [0.29, 0.717) is 6.42 Å². The Morgan fingerprint density at radius 2 is 2.08 bits per heavy atom. The smallest absolute Gasteiger partial charge is 0.271 e. The molecule has 0 aliphatic carbocycles. The van der Waals surface area contributed by atoms with Gasteiger partial charge in [0.25, 0.3) is 5.91 Å². The van der Waals surface area contributed by atoms with Crippen LogP contribution in [0.4, 0.5) is 5.69 Å². The quantitative estimate of drug-likeness (QED) is 0.873. The molecule has 1 aromatic carbocycles. The summed E-state index contributed by atoms with van der Waals surface area (Å²) in [6, 6.07) is 7.05. The monoisotopic (exact) mass is 363 g/mol. The molecule has 0 spiro atoms. The first kappa shape index (κ1) is 17.6. The van der Waals surface area contributed by atoms with Crippen molar-refractivity contribution in [1.82, 2.24) is 5.01 Å². The van der Waals surface area contributed by atoms with Gasteiger partial charge in [-0.3, -0.25) is 9.59 Å². The molecule has 134 valence electrons. The van der Waals surface area contributed by atoms with Gasteiger partial charge in [0, 0.05) is 18.5 Å². The molecule has 0 radical (unpaired) electrons. The van der Waals surface area contributed by atoms with E-state index in [9.17, 15) is 18.0 Å². The van der Waals surface area contributed by atoms with Gasteiger partial charge in [0.15, 0.2) is 9.84 Å². The van der Waals surface area contributed by atoms with E-state index < -0.39 is 15.9 Å². The number of carbonyl (C=O) groups is 2. The van der Waals surface area contributed by atoms with E-state index in [4.69, 9.17) is 0 Å². The Labute approximate surface area is 147 Å². The molecule has 25 heavy (non-hydrogen) atoms. The number of benzene rings is 1. The van der Waals surface area contributed by atoms with E-state index in [-0.39, 0.29) is 41.9 Å². The molecule has 3 rings (SSSR count). The van der Waals surface area contributed by atoms with Crippen LogP contribution in [0.25, 0.3) is 0 Å². The summed E-state index contributed by atoms with van der Waals surface area (Å²) in [4.78, 5) is 24.6. The maximum absolute atomic E-state index is 12.5. The molecular formula is C17H21N3O4S. The van der Waals surface area contributed by atoms with Gasteiger partial charge in [-0.2, -0.15) is 5.10 Å². The average molecular weight is 363 g/mol. The van der Waals surface area contributed by atoms with Crippen molar-refractivity contribution in [1.29, 1.82) is 0 Å². The standard InChI is InChI=1S/C17H21N3O4S/c1-2-12-5-3-4-6-14(12)18-17(22)15-7-8-16(21)20(19-15)13-9-10-25(23,24)11-13/h3-6,13H,2,7-11H2,1H3,(H,18,22). The fourth-order valence-corrected chi connectivity index (χ4v) is 4.83. The zero-order chi connectivity index (χ0) is 18.0. The summed E-state index contributed by atoms with van der Waals surface area (Å²) in [5, 5.41) is 8.24. The molecule has 1 atom stereocenters. The second kappa shape index (κ2) is 6.95. The Balaban J connectivity index is 1.78. The number of aryl methyl sites for hydroxylation is 1. The molecule has 8 heteroatoms. The molecule has 2 amide bonds. The highest BCUT2D eigenvalue weighted by atomic mass is 32.2. The molecule has 1 N–H and O–H groups in total. The molecule has 0 saturated carbocycles. The molecule has 1 saturated heterocycles. The number of nitrogens with zero attached hydrogens (tertiary/aromatic N) is 2. The van der Waals surface area contributed by atoms with Crippen LogP contribution in [0.1, 0.15) is 31.7 Å². The zero-order valence-corrected chi connectivity index (χ0v) is 14.9. The van der Waals surface area contributed by atoms with Crippen molar-refractivity contribution in [2.45, 2.75) is 38.6 Å². The minimum Gasteiger partial charge on any atom is -0.321 e. The molecule has 0 aromatic heterocycles. The topological polar surface area (TPSA) is 95.9 Å². The Morgan fingerprint density at radius 3 is 2.76 bits per heavy atom. The van der Waals surface area contributed by atoms with E-state index in [1.807, 2.05) is 31.2 Å². The van der Waals surface area contributed by atoms with Gasteiger partial charge >= 0.3 is 0 Å². The Kier molecular flexibility index (Phi) is 4.89. The van der Waals surface area contributed by atoms with Crippen molar-refractivity contribution in [3.05, 3.63) is 29.8 Å². The summed E-state index contributed by atoms with van der Waals surface area (Å²) >= 11 is 0. The average Bonchev–Trinajstić information content (AvgIpc) is 2.95. The number of anilines is 1. The largest absolute Gasteiger partial charge is 0.321 e. The number of carbonyl (C=O) groups excluding carboxylic acids is 2. The van der Waals surface area contributed by atoms with Crippen molar-refractivity contribution >= 4 is 33.1 Å². The molecule has 2 aliphatic rings. The van der Waals surface area contributed by atoms with Gasteiger partial charge in [0.05, 0.1) is 17.5 Å². The Bertz CT molecular complexity index is 832. The molecular weight excluding hydrogens is 342 g/mol. The SMILES string of the molecule is CCc1ccccc1NC(=O)C1=NN(C2CCS(=O)(=O)C2)C(=O)CC1. The van der Waals surface area contributed by atoms with E-state index in [1.165, 1.54) is 5.01 Å². The highest BCUT2D eigenvalue weighted by Gasteiger charge is 2.37. The lowest BCUT2D eigenvalue weighted by Gasteiger charge is -2.27. The van der Waals surface area contributed by atoms with Crippen molar-refractivity contribution in [2.24, 2.45) is 5.10 Å². The molecule has 1 aromatic rings. The summed E-state index contributed by atoms with van der Waals surface area (Å²) in [5.41, 5.74) is 2.00. The van der Waals surface area contributed by atoms with Gasteiger partial charge in [0.2, 0.25) is 5.91 Å². The summed E-state index contributed by atoms with van der Waals surface area (Å²) < 4.78 is 23.3. The lowest BCUT2D eigenvalue weighted by molar-refractivity contribution is -0.133. The van der Waals surface area contributed by atoms with Crippen LogP contribution in [-0.4, -0.2) is 48.5 Å². The normalized spacial score (nSPS) is 22.6. The van der Waals surface area contributed by atoms with E-state index in [2.05, 4.69) is 10.4 Å². The van der Waals surface area contributed by atoms with E-state index in [1.54, 1.807) is 0 Å². The predicted molar refractivity (Wildman–Crippen MR) is 95.0 cm³/mol. The number of hydrogen-bond acceptors (Lipinski definition) is 5. The van der Waals surface area contributed by atoms with Crippen LogP contribution in [-0.2, 0) is 25.8 Å². The first-order valence-corrected chi connectivity index (χ1v) is 10.2. The van der Waals surface area contributed by atoms with Gasteiger partial charge in [-0.25, -0.2) is 13.4 Å². The number of nitrogens with one attached hydrogen (secondary N) is 1. The second-order valence-corrected chi connectivity index (χ2v) is 8.54. The molecule has 1 unspecified atom stereocenters. The van der Waals surface area contributed by atoms with Crippen LogP contribution in [0.15, 0.2) is 29.4 Å². The fraction of sp³-hybridized carbons (Fsp3) is 0.471. The van der Waals surface area contributed by atoms with Crippen LogP contribution in [0, 0.1) is 0 Å². The lowest BCUT2D eigenvalue weighted by Crippen LogP contribution is -2.42. The minimum absolute atomic E-state index is 0.0579. The first-order chi connectivity index (χ1) is 11.9. The van der Waals surface area contributed by atoms with Crippen LogP contribution >= 0.6 is 0 Å². The summed E-state index contributed by atoms with van der Waals surface area (Å²) in [5.74, 6) is -0.607. The number of sulfone groups is 1. The van der Waals surface area contributed by atoms with Crippen molar-refractivity contribution in [3.8, 4) is 0 Å². The van der Waals surface area contributed by atoms with E-state index in [0.717, 1.165) is 17.7 Å². The molecule has 7 nitrogen and oxygen atoms in total. The number of para-hydroxylation sites is 1. The number of amides is 2. The molecule has 1 fully saturated rings. The van der Waals surface area contributed by atoms with Gasteiger partial charge in [-0.15, -0.1) is 0 Å². The minimum atomic E-state index is -3.13. The first-order valence-electron chi connectivity index (χ1n) is 8.39. The lowest BCUT2D eigenvalue weighted by atomic mass is 10.1. The number of hydrogen-bond donors (Lipinski definition) is 1. The maximum atomic E-state index is 12.5. The number of hydrazone groups is 1. The summed E-state index contributed by atoms with van der Waals surface area (Å²) in [7, 11) is -3.13. The van der Waals surface area contributed by atoms with Crippen LogP contribution in [0.2, 0.25) is 0 Å². The third kappa shape index (κ3) is 3.89. The highest BCUT2D eigenvalue weighted by molar-refractivity contribution is 7.91. The van der Waals surface area contributed by atoms with Crippen molar-refractivity contribution in [3.63, 3.8) is 0 Å². The van der Waals surface area contributed by atoms with Crippen LogP contribution in [0.3, 0.4) is 0 Å². The van der Waals surface area contributed by atoms with Gasteiger partial charge in [-0.05, 0) is 24.5 Å². The second-order valence-electron chi connectivity index (χ2n) is 6.31. The van der Waals surface area contributed by atoms with E-state index >= 15 is 0 Å². The van der Waals surface area contributed by atoms with Crippen LogP contribution < -0.4 is 5.32 Å². The number of rotatable bonds is 4. The molecule has 2 heterocycles. The molecule has 2 aliphatic heterocycles. The Hall–Kier alpha value is -2.22. The molecule has 0 bridgehead atoms. The maximum Gasteiger partial charge on any atom is 0.271 e. The van der Waals surface area contributed by atoms with Gasteiger partial charge in [-0.1, -0.05) is 25.1 Å². The zero-order valence-electron chi connectivity index (χ0n) is 14.1. The predicted octanol–water partition coefficient (Wildman–Crippen LogP) is 1.35. The van der Waals surface area contributed by atoms with Crippen LogP contribution in [0.5, 0.6) is 0 Å². The summed E-state index contributed by atoms with van der Waals surface area (Å²) in [6.45, 7) is 2.00. The Morgan fingerprint density at radius 1 is 1.32 bits per heavy atom. The third-order valence-corrected chi connectivity index (χ3v) is 6.27. The summed E-state index contributed by atoms with van der Waals surface area (Å²) in [6.07, 6.45) is 1.58. The van der Waals surface area contributed by atoms with Gasteiger partial charge in [0.1, 0.15) is 5.71 Å². The van der Waals surface area contributed by atoms with Crippen molar-refractivity contribution < 1.29 is 18.0 Å². The highest BCUT2D eigenvalue weighted by Crippen LogP contribution is 2.23. The van der Waals surface area contributed by atoms with Gasteiger partial charge < -0.3 is 5.32 Å². The van der Waals surface area contributed by atoms with Crippen molar-refractivity contribution in [2.75, 3.05) is 16.8 Å². The third-order valence-electron chi connectivity index (χ3n) is 4.52.